The lowest BCUT2D eigenvalue weighted by atomic mass is 9.86. The van der Waals surface area contributed by atoms with Gasteiger partial charge in [-0.3, -0.25) is 4.79 Å². The highest BCUT2D eigenvalue weighted by molar-refractivity contribution is 5.90. The number of carbonyl (C=O) groups is 3. The van der Waals surface area contributed by atoms with Crippen LogP contribution in [0.3, 0.4) is 0 Å². The van der Waals surface area contributed by atoms with Crippen molar-refractivity contribution in [1.29, 1.82) is 0 Å². The quantitative estimate of drug-likeness (QED) is 0.0488. The molecule has 3 aromatic rings. The van der Waals surface area contributed by atoms with Gasteiger partial charge in [0.05, 0.1) is 35.6 Å². The first-order chi connectivity index (χ1) is 25.7. The van der Waals surface area contributed by atoms with E-state index in [1.807, 2.05) is 6.92 Å². The van der Waals surface area contributed by atoms with Crippen molar-refractivity contribution in [3.8, 4) is 17.1 Å². The largest absolute Gasteiger partial charge is 0.464 e. The standard InChI is InChI=1S/C42H56N2O9/c1-4-7-8-9-10-11-12-13-14-15-16-17-18-19-22-51-37(45)27-50-28-38(46)53-29-20-21-35-31(23-29)30(5-2)32-25-44-36(39(32)43-35)24-34-33(40(44)47)26-52-41(48)42(34,49)6-3/h20-21,23-24,49H,4-19,22,25-28H2,1-3H3/t42-/m1/s1. The molecule has 0 bridgehead atoms. The van der Waals surface area contributed by atoms with Crippen molar-refractivity contribution in [2.75, 3.05) is 19.8 Å². The Morgan fingerprint density at radius 1 is 0.849 bits per heavy atom. The van der Waals surface area contributed by atoms with E-state index in [9.17, 15) is 24.3 Å². The van der Waals surface area contributed by atoms with Gasteiger partial charge in [-0.2, -0.15) is 0 Å². The Kier molecular flexibility index (Phi) is 14.6. The fourth-order valence-corrected chi connectivity index (χ4v) is 7.51. The summed E-state index contributed by atoms with van der Waals surface area (Å²) in [6.07, 6.45) is 18.3. The minimum atomic E-state index is -1.90. The number of ether oxygens (including phenoxy) is 4. The fourth-order valence-electron chi connectivity index (χ4n) is 7.51. The van der Waals surface area contributed by atoms with Gasteiger partial charge in [0.2, 0.25) is 0 Å². The minimum absolute atomic E-state index is 0.0656. The molecule has 0 saturated carbocycles. The SMILES string of the molecule is CCCCCCCCCCCCCCCCOC(=O)COCC(=O)Oc1ccc2nc3c(c(CC)c2c1)Cn1c-3cc2c(c1=O)COC(=O)[C@@]2(O)CC. The van der Waals surface area contributed by atoms with Crippen LogP contribution in [-0.4, -0.2) is 52.4 Å². The number of esters is 3. The van der Waals surface area contributed by atoms with Gasteiger partial charge in [0.25, 0.3) is 5.56 Å². The van der Waals surface area contributed by atoms with Gasteiger partial charge in [0, 0.05) is 16.5 Å². The van der Waals surface area contributed by atoms with Crippen molar-refractivity contribution < 1.29 is 38.4 Å². The molecule has 0 spiro atoms. The summed E-state index contributed by atoms with van der Waals surface area (Å²) in [5.74, 6) is -1.63. The molecule has 0 unspecified atom stereocenters. The highest BCUT2D eigenvalue weighted by Gasteiger charge is 2.45. The number of unbranched alkanes of at least 4 members (excludes halogenated alkanes) is 13. The lowest BCUT2D eigenvalue weighted by molar-refractivity contribution is -0.172. The van der Waals surface area contributed by atoms with Crippen LogP contribution in [0.5, 0.6) is 5.75 Å². The smallest absolute Gasteiger partial charge is 0.343 e. The van der Waals surface area contributed by atoms with E-state index in [1.165, 1.54) is 70.6 Å². The maximum absolute atomic E-state index is 13.6. The van der Waals surface area contributed by atoms with Gasteiger partial charge >= 0.3 is 17.9 Å². The molecule has 2 aromatic heterocycles. The maximum atomic E-state index is 13.6. The number of aryl methyl sites for hydroxylation is 1. The van der Waals surface area contributed by atoms with Crippen molar-refractivity contribution in [2.45, 2.75) is 142 Å². The Morgan fingerprint density at radius 3 is 2.13 bits per heavy atom. The van der Waals surface area contributed by atoms with Gasteiger partial charge in [-0.05, 0) is 49.1 Å². The molecule has 2 aliphatic heterocycles. The summed E-state index contributed by atoms with van der Waals surface area (Å²) in [6.45, 7) is 5.60. The number of pyridine rings is 2. The first-order valence-corrected chi connectivity index (χ1v) is 19.8. The van der Waals surface area contributed by atoms with E-state index in [4.69, 9.17) is 23.9 Å². The van der Waals surface area contributed by atoms with Gasteiger partial charge in [0.15, 0.2) is 5.60 Å². The molecule has 11 heteroatoms. The van der Waals surface area contributed by atoms with E-state index in [0.717, 1.165) is 35.8 Å². The number of rotatable bonds is 22. The van der Waals surface area contributed by atoms with Gasteiger partial charge in [-0.1, -0.05) is 104 Å². The third-order valence-electron chi connectivity index (χ3n) is 10.6. The molecule has 0 amide bonds. The number of carbonyl (C=O) groups excluding carboxylic acids is 3. The topological polar surface area (TPSA) is 143 Å². The zero-order chi connectivity index (χ0) is 37.8. The van der Waals surface area contributed by atoms with Crippen molar-refractivity contribution in [3.63, 3.8) is 0 Å². The number of cyclic esters (lactones) is 1. The van der Waals surface area contributed by atoms with Crippen LogP contribution in [0.4, 0.5) is 0 Å². The molecule has 0 fully saturated rings. The van der Waals surface area contributed by atoms with E-state index in [1.54, 1.807) is 35.8 Å². The zero-order valence-electron chi connectivity index (χ0n) is 31.8. The van der Waals surface area contributed by atoms with Gasteiger partial charge in [-0.25, -0.2) is 19.4 Å². The Hall–Kier alpha value is -4.09. The Bertz CT molecular complexity index is 1820. The summed E-state index contributed by atoms with van der Waals surface area (Å²) in [6, 6.07) is 6.80. The normalized spacial score (nSPS) is 15.9. The summed E-state index contributed by atoms with van der Waals surface area (Å²) in [7, 11) is 0. The molecule has 2 aliphatic rings. The Balaban J connectivity index is 1.05. The van der Waals surface area contributed by atoms with E-state index in [2.05, 4.69) is 6.92 Å². The highest BCUT2D eigenvalue weighted by atomic mass is 16.6. The molecule has 1 atom stereocenters. The minimum Gasteiger partial charge on any atom is -0.464 e. The average Bonchev–Trinajstić information content (AvgIpc) is 3.52. The van der Waals surface area contributed by atoms with Crippen LogP contribution >= 0.6 is 0 Å². The average molecular weight is 733 g/mol. The molecule has 4 heterocycles. The molecular weight excluding hydrogens is 676 g/mol. The summed E-state index contributed by atoms with van der Waals surface area (Å²) >= 11 is 0. The van der Waals surface area contributed by atoms with Gasteiger partial charge < -0.3 is 28.6 Å². The van der Waals surface area contributed by atoms with Crippen molar-refractivity contribution in [2.24, 2.45) is 0 Å². The van der Waals surface area contributed by atoms with Crippen LogP contribution in [0.1, 0.15) is 139 Å². The number of fused-ring (bicyclic) bond motifs is 5. The highest BCUT2D eigenvalue weighted by Crippen LogP contribution is 2.40. The molecule has 1 N–H and O–H groups in total. The number of hydrogen-bond acceptors (Lipinski definition) is 10. The van der Waals surface area contributed by atoms with E-state index in [0.29, 0.717) is 35.7 Å². The number of aromatic nitrogens is 2. The molecule has 53 heavy (non-hydrogen) atoms. The predicted molar refractivity (Wildman–Crippen MR) is 202 cm³/mol. The van der Waals surface area contributed by atoms with Crippen LogP contribution in [-0.2, 0) is 53.8 Å². The van der Waals surface area contributed by atoms with Crippen molar-refractivity contribution >= 4 is 28.8 Å². The second-order valence-corrected chi connectivity index (χ2v) is 14.3. The molecule has 0 aliphatic carbocycles. The zero-order valence-corrected chi connectivity index (χ0v) is 31.8. The Labute approximate surface area is 312 Å². The summed E-state index contributed by atoms with van der Waals surface area (Å²) < 4.78 is 22.9. The lowest BCUT2D eigenvalue weighted by Gasteiger charge is -2.31. The molecular formula is C42H56N2O9. The molecule has 11 nitrogen and oxygen atoms in total. The van der Waals surface area contributed by atoms with Crippen molar-refractivity contribution in [3.05, 3.63) is 56.9 Å². The third-order valence-corrected chi connectivity index (χ3v) is 10.6. The van der Waals surface area contributed by atoms with Crippen LogP contribution in [0.15, 0.2) is 29.1 Å². The fraction of sp³-hybridized carbons (Fsp3) is 0.595. The summed E-state index contributed by atoms with van der Waals surface area (Å²) in [5.41, 5.74) is 1.89. The molecule has 288 valence electrons. The van der Waals surface area contributed by atoms with E-state index in [-0.39, 0.29) is 42.9 Å². The lowest BCUT2D eigenvalue weighted by Crippen LogP contribution is -2.44. The van der Waals surface area contributed by atoms with Crippen LogP contribution in [0, 0.1) is 0 Å². The van der Waals surface area contributed by atoms with Crippen molar-refractivity contribution in [1.82, 2.24) is 9.55 Å². The molecule has 0 saturated heterocycles. The number of aliphatic hydroxyl groups is 1. The predicted octanol–water partition coefficient (Wildman–Crippen LogP) is 7.59. The monoisotopic (exact) mass is 732 g/mol. The molecule has 1 aromatic carbocycles. The third kappa shape index (κ3) is 9.72. The summed E-state index contributed by atoms with van der Waals surface area (Å²) in [5, 5.41) is 11.9. The number of hydrogen-bond donors (Lipinski definition) is 1. The molecule has 5 rings (SSSR count). The maximum Gasteiger partial charge on any atom is 0.343 e. The first kappa shape index (κ1) is 40.1. The summed E-state index contributed by atoms with van der Waals surface area (Å²) in [4.78, 5) is 55.6. The Morgan fingerprint density at radius 2 is 1.49 bits per heavy atom. The number of nitrogens with zero attached hydrogens (tertiary/aromatic N) is 2. The second-order valence-electron chi connectivity index (χ2n) is 14.3. The van der Waals surface area contributed by atoms with Crippen LogP contribution < -0.4 is 10.3 Å². The van der Waals surface area contributed by atoms with E-state index < -0.39 is 30.1 Å². The second kappa shape index (κ2) is 19.3. The van der Waals surface area contributed by atoms with Crippen LogP contribution in [0.2, 0.25) is 0 Å². The number of benzene rings is 1. The molecule has 0 radical (unpaired) electrons. The van der Waals surface area contributed by atoms with Crippen LogP contribution in [0.25, 0.3) is 22.3 Å². The van der Waals surface area contributed by atoms with E-state index >= 15 is 0 Å². The van der Waals surface area contributed by atoms with Gasteiger partial charge in [-0.15, -0.1) is 0 Å². The first-order valence-electron chi connectivity index (χ1n) is 19.8. The van der Waals surface area contributed by atoms with Gasteiger partial charge in [0.1, 0.15) is 25.6 Å².